The summed E-state index contributed by atoms with van der Waals surface area (Å²) in [6.45, 7) is 0.260. The van der Waals surface area contributed by atoms with Crippen LogP contribution < -0.4 is 5.32 Å². The van der Waals surface area contributed by atoms with Crippen LogP contribution in [0.3, 0.4) is 0 Å². The summed E-state index contributed by atoms with van der Waals surface area (Å²) in [6, 6.07) is 17.2. The predicted octanol–water partition coefficient (Wildman–Crippen LogP) is 3.69. The number of halogens is 1. The lowest BCUT2D eigenvalue weighted by atomic mass is 9.88. The number of nitrogens with one attached hydrogen (secondary N) is 1. The van der Waals surface area contributed by atoms with E-state index in [1.807, 2.05) is 54.6 Å². The summed E-state index contributed by atoms with van der Waals surface area (Å²) in [4.78, 5) is 12.2. The Morgan fingerprint density at radius 2 is 1.92 bits per heavy atom. The molecular formula is C20H22ClNO2. The van der Waals surface area contributed by atoms with Crippen LogP contribution in [0.5, 0.6) is 0 Å². The van der Waals surface area contributed by atoms with Gasteiger partial charge in [0.25, 0.3) is 0 Å². The van der Waals surface area contributed by atoms with Gasteiger partial charge in [0.2, 0.25) is 5.91 Å². The quantitative estimate of drug-likeness (QED) is 0.805. The summed E-state index contributed by atoms with van der Waals surface area (Å²) in [6.07, 6.45) is 3.03. The van der Waals surface area contributed by atoms with Crippen LogP contribution in [0.15, 0.2) is 54.6 Å². The minimum atomic E-state index is -0.965. The highest BCUT2D eigenvalue weighted by Crippen LogP contribution is 2.45. The zero-order valence-electron chi connectivity index (χ0n) is 13.5. The number of benzene rings is 2. The third-order valence-electron chi connectivity index (χ3n) is 4.61. The van der Waals surface area contributed by atoms with Crippen molar-refractivity contribution in [1.29, 1.82) is 0 Å². The SMILES string of the molecule is O=C(CCc1cccc(Cl)c1)NCC(O)(c1ccccc1)C1CC1. The second-order valence-electron chi connectivity index (χ2n) is 6.47. The van der Waals surface area contributed by atoms with Crippen molar-refractivity contribution in [3.63, 3.8) is 0 Å². The van der Waals surface area contributed by atoms with Crippen molar-refractivity contribution < 1.29 is 9.90 Å². The Hall–Kier alpha value is -1.84. The minimum absolute atomic E-state index is 0.0509. The second-order valence-corrected chi connectivity index (χ2v) is 6.91. The van der Waals surface area contributed by atoms with Gasteiger partial charge in [-0.25, -0.2) is 0 Å². The molecular weight excluding hydrogens is 322 g/mol. The van der Waals surface area contributed by atoms with Crippen LogP contribution in [0, 0.1) is 5.92 Å². The molecule has 1 saturated carbocycles. The molecule has 0 saturated heterocycles. The van der Waals surface area contributed by atoms with Gasteiger partial charge in [-0.2, -0.15) is 0 Å². The Bertz CT molecular complexity index is 700. The van der Waals surface area contributed by atoms with Gasteiger partial charge in [0.05, 0.1) is 6.54 Å². The molecule has 0 bridgehead atoms. The summed E-state index contributed by atoms with van der Waals surface area (Å²) in [5.74, 6) is 0.179. The van der Waals surface area contributed by atoms with Gasteiger partial charge in [-0.3, -0.25) is 4.79 Å². The van der Waals surface area contributed by atoms with Gasteiger partial charge in [-0.1, -0.05) is 54.1 Å². The summed E-state index contributed by atoms with van der Waals surface area (Å²) >= 11 is 5.96. The minimum Gasteiger partial charge on any atom is -0.383 e. The van der Waals surface area contributed by atoms with Gasteiger partial charge in [-0.15, -0.1) is 0 Å². The van der Waals surface area contributed by atoms with E-state index in [9.17, 15) is 9.90 Å². The molecule has 2 aromatic rings. The fourth-order valence-electron chi connectivity index (χ4n) is 3.04. The molecule has 0 radical (unpaired) electrons. The molecule has 0 spiro atoms. The first-order valence-corrected chi connectivity index (χ1v) is 8.75. The molecule has 1 atom stereocenters. The van der Waals surface area contributed by atoms with Gasteiger partial charge >= 0.3 is 0 Å². The number of aliphatic hydroxyl groups is 1. The lowest BCUT2D eigenvalue weighted by Gasteiger charge is -2.29. The maximum Gasteiger partial charge on any atom is 0.220 e. The van der Waals surface area contributed by atoms with E-state index < -0.39 is 5.60 Å². The lowest BCUT2D eigenvalue weighted by Crippen LogP contribution is -2.42. The molecule has 1 unspecified atom stereocenters. The molecule has 1 amide bonds. The fourth-order valence-corrected chi connectivity index (χ4v) is 3.25. The van der Waals surface area contributed by atoms with Crippen LogP contribution in [0.4, 0.5) is 0 Å². The van der Waals surface area contributed by atoms with Crippen molar-refractivity contribution in [3.8, 4) is 0 Å². The van der Waals surface area contributed by atoms with Crippen LogP contribution in [0.2, 0.25) is 5.02 Å². The highest BCUT2D eigenvalue weighted by atomic mass is 35.5. The van der Waals surface area contributed by atoms with E-state index in [1.165, 1.54) is 0 Å². The molecule has 3 rings (SSSR count). The average Bonchev–Trinajstić information content (AvgIpc) is 3.44. The molecule has 24 heavy (non-hydrogen) atoms. The highest BCUT2D eigenvalue weighted by Gasteiger charge is 2.45. The highest BCUT2D eigenvalue weighted by molar-refractivity contribution is 6.30. The van der Waals surface area contributed by atoms with Gasteiger partial charge < -0.3 is 10.4 Å². The third-order valence-corrected chi connectivity index (χ3v) is 4.85. The lowest BCUT2D eigenvalue weighted by molar-refractivity contribution is -0.122. The van der Waals surface area contributed by atoms with Crippen molar-refractivity contribution in [2.45, 2.75) is 31.3 Å². The van der Waals surface area contributed by atoms with Crippen molar-refractivity contribution in [2.75, 3.05) is 6.54 Å². The molecule has 0 heterocycles. The molecule has 126 valence electrons. The maximum absolute atomic E-state index is 12.2. The molecule has 1 aliphatic carbocycles. The predicted molar refractivity (Wildman–Crippen MR) is 95.8 cm³/mol. The smallest absolute Gasteiger partial charge is 0.220 e. The molecule has 0 aromatic heterocycles. The number of carbonyl (C=O) groups excluding carboxylic acids is 1. The number of amides is 1. The maximum atomic E-state index is 12.2. The molecule has 1 fully saturated rings. The Kier molecular flexibility index (Phi) is 5.22. The van der Waals surface area contributed by atoms with Gasteiger partial charge in [-0.05, 0) is 48.4 Å². The first-order chi connectivity index (χ1) is 11.6. The van der Waals surface area contributed by atoms with Crippen LogP contribution in [-0.2, 0) is 16.8 Å². The average molecular weight is 344 g/mol. The van der Waals surface area contributed by atoms with Crippen LogP contribution in [0.25, 0.3) is 0 Å². The van der Waals surface area contributed by atoms with Crippen molar-refractivity contribution >= 4 is 17.5 Å². The van der Waals surface area contributed by atoms with Crippen molar-refractivity contribution in [1.82, 2.24) is 5.32 Å². The van der Waals surface area contributed by atoms with Crippen molar-refractivity contribution in [3.05, 3.63) is 70.7 Å². The Morgan fingerprint density at radius 3 is 2.58 bits per heavy atom. The van der Waals surface area contributed by atoms with E-state index in [-0.39, 0.29) is 18.4 Å². The Morgan fingerprint density at radius 1 is 1.17 bits per heavy atom. The molecule has 4 heteroatoms. The largest absolute Gasteiger partial charge is 0.383 e. The standard InChI is InChI=1S/C20H22ClNO2/c21-18-8-4-5-15(13-18)9-12-19(23)22-14-20(24,17-10-11-17)16-6-2-1-3-7-16/h1-8,13,17,24H,9-12,14H2,(H,22,23). The van der Waals surface area contributed by atoms with E-state index in [1.54, 1.807) is 0 Å². The summed E-state index contributed by atoms with van der Waals surface area (Å²) < 4.78 is 0. The van der Waals surface area contributed by atoms with E-state index in [2.05, 4.69) is 5.32 Å². The van der Waals surface area contributed by atoms with Gasteiger partial charge in [0, 0.05) is 11.4 Å². The summed E-state index contributed by atoms with van der Waals surface area (Å²) in [5, 5.41) is 14.6. The molecule has 1 aliphatic rings. The number of hydrogen-bond donors (Lipinski definition) is 2. The van der Waals surface area contributed by atoms with Crippen LogP contribution >= 0.6 is 11.6 Å². The zero-order chi connectivity index (χ0) is 17.0. The number of hydrogen-bond acceptors (Lipinski definition) is 2. The molecule has 2 aromatic carbocycles. The van der Waals surface area contributed by atoms with Crippen LogP contribution in [0.1, 0.15) is 30.4 Å². The first-order valence-electron chi connectivity index (χ1n) is 8.37. The van der Waals surface area contributed by atoms with E-state index in [4.69, 9.17) is 11.6 Å². The Labute approximate surface area is 147 Å². The van der Waals surface area contributed by atoms with E-state index >= 15 is 0 Å². The van der Waals surface area contributed by atoms with Gasteiger partial charge in [0.15, 0.2) is 0 Å². The number of rotatable bonds is 7. The van der Waals surface area contributed by atoms with Gasteiger partial charge in [0.1, 0.15) is 5.60 Å². The Balaban J connectivity index is 1.56. The monoisotopic (exact) mass is 343 g/mol. The van der Waals surface area contributed by atoms with Crippen LogP contribution in [-0.4, -0.2) is 17.6 Å². The summed E-state index contributed by atoms with van der Waals surface area (Å²) in [7, 11) is 0. The first kappa shape index (κ1) is 17.0. The third kappa shape index (κ3) is 4.16. The number of carbonyl (C=O) groups is 1. The molecule has 2 N–H and O–H groups in total. The number of aryl methyl sites for hydroxylation is 1. The summed E-state index contributed by atoms with van der Waals surface area (Å²) in [5.41, 5.74) is 0.952. The fraction of sp³-hybridized carbons (Fsp3) is 0.350. The van der Waals surface area contributed by atoms with E-state index in [0.29, 0.717) is 17.9 Å². The van der Waals surface area contributed by atoms with E-state index in [0.717, 1.165) is 24.0 Å². The second kappa shape index (κ2) is 7.37. The molecule has 0 aliphatic heterocycles. The van der Waals surface area contributed by atoms with Crippen molar-refractivity contribution in [2.24, 2.45) is 5.92 Å². The topological polar surface area (TPSA) is 49.3 Å². The zero-order valence-corrected chi connectivity index (χ0v) is 14.3. The normalized spacial score (nSPS) is 16.4. The molecule has 3 nitrogen and oxygen atoms in total.